The average Bonchev–Trinajstić information content (AvgIpc) is 2.53. The molecule has 1 heterocycles. The number of nitrogens with one attached hydrogen (secondary N) is 1. The third-order valence-electron chi connectivity index (χ3n) is 4.11. The van der Waals surface area contributed by atoms with Crippen molar-refractivity contribution in [2.75, 3.05) is 16.8 Å². The summed E-state index contributed by atoms with van der Waals surface area (Å²) in [5.74, 6) is 0.0363. The second-order valence-electron chi connectivity index (χ2n) is 6.36. The van der Waals surface area contributed by atoms with Crippen LogP contribution in [0.15, 0.2) is 24.3 Å². The first-order valence-corrected chi connectivity index (χ1v) is 8.31. The van der Waals surface area contributed by atoms with Crippen LogP contribution in [-0.4, -0.2) is 30.6 Å². The summed E-state index contributed by atoms with van der Waals surface area (Å²) >= 11 is 0. The number of para-hydroxylation sites is 2. The lowest BCUT2D eigenvalue weighted by atomic mass is 10.0. The summed E-state index contributed by atoms with van der Waals surface area (Å²) in [4.78, 5) is 26.6. The molecule has 0 spiro atoms. The summed E-state index contributed by atoms with van der Waals surface area (Å²) in [6, 6.07) is 6.61. The molecule has 2 unspecified atom stereocenters. The van der Waals surface area contributed by atoms with Crippen LogP contribution in [0, 0.1) is 5.92 Å². The lowest BCUT2D eigenvalue weighted by Crippen LogP contribution is -2.53. The zero-order valence-electron chi connectivity index (χ0n) is 14.3. The van der Waals surface area contributed by atoms with Crippen LogP contribution in [0.5, 0.6) is 0 Å². The largest absolute Gasteiger partial charge is 0.464 e. The minimum atomic E-state index is -0.632. The molecule has 1 aromatic carbocycles. The average molecular weight is 318 g/mol. The summed E-state index contributed by atoms with van der Waals surface area (Å²) in [7, 11) is 0. The first-order valence-electron chi connectivity index (χ1n) is 8.31. The molecule has 5 nitrogen and oxygen atoms in total. The van der Waals surface area contributed by atoms with Crippen LogP contribution in [-0.2, 0) is 14.3 Å². The minimum absolute atomic E-state index is 0.0838. The molecule has 1 amide bonds. The fraction of sp³-hybridized carbons (Fsp3) is 0.556. The number of hydrogen-bond donors (Lipinski definition) is 1. The zero-order valence-corrected chi connectivity index (χ0v) is 14.3. The quantitative estimate of drug-likeness (QED) is 0.818. The van der Waals surface area contributed by atoms with Gasteiger partial charge in [0.05, 0.1) is 18.0 Å². The Bertz CT molecular complexity index is 571. The number of anilines is 2. The van der Waals surface area contributed by atoms with Gasteiger partial charge in [0.25, 0.3) is 0 Å². The maximum absolute atomic E-state index is 12.7. The lowest BCUT2D eigenvalue weighted by Gasteiger charge is -2.37. The third-order valence-corrected chi connectivity index (χ3v) is 4.11. The van der Waals surface area contributed by atoms with Crippen molar-refractivity contribution in [1.82, 2.24) is 0 Å². The Morgan fingerprint density at radius 1 is 1.30 bits per heavy atom. The summed E-state index contributed by atoms with van der Waals surface area (Å²) in [6.45, 7) is 8.23. The fourth-order valence-electron chi connectivity index (χ4n) is 2.64. The van der Waals surface area contributed by atoms with Crippen LogP contribution in [0.25, 0.3) is 0 Å². The van der Waals surface area contributed by atoms with Crippen molar-refractivity contribution < 1.29 is 14.3 Å². The van der Waals surface area contributed by atoms with E-state index in [9.17, 15) is 9.59 Å². The monoisotopic (exact) mass is 318 g/mol. The van der Waals surface area contributed by atoms with Gasteiger partial charge in [0.15, 0.2) is 0 Å². The van der Waals surface area contributed by atoms with Crippen molar-refractivity contribution in [3.05, 3.63) is 24.3 Å². The van der Waals surface area contributed by atoms with Gasteiger partial charge in [-0.1, -0.05) is 32.9 Å². The number of nitrogens with zero attached hydrogens (tertiary/aromatic N) is 1. The van der Waals surface area contributed by atoms with Gasteiger partial charge in [0, 0.05) is 0 Å². The van der Waals surface area contributed by atoms with Gasteiger partial charge >= 0.3 is 5.97 Å². The Balaban J connectivity index is 2.18. The van der Waals surface area contributed by atoms with Gasteiger partial charge in [-0.05, 0) is 37.8 Å². The molecule has 0 saturated carbocycles. The number of amides is 1. The molecule has 23 heavy (non-hydrogen) atoms. The van der Waals surface area contributed by atoms with E-state index in [4.69, 9.17) is 4.74 Å². The number of esters is 1. The van der Waals surface area contributed by atoms with Crippen molar-refractivity contribution in [3.8, 4) is 0 Å². The smallest absolute Gasteiger partial charge is 0.328 e. The van der Waals surface area contributed by atoms with Gasteiger partial charge < -0.3 is 10.1 Å². The zero-order chi connectivity index (χ0) is 17.0. The molecular weight excluding hydrogens is 292 g/mol. The number of ether oxygens (including phenoxy) is 1. The van der Waals surface area contributed by atoms with Crippen LogP contribution >= 0.6 is 0 Å². The number of fused-ring (bicyclic) bond motifs is 1. The minimum Gasteiger partial charge on any atom is -0.464 e. The lowest BCUT2D eigenvalue weighted by molar-refractivity contribution is -0.146. The molecule has 1 aliphatic heterocycles. The van der Waals surface area contributed by atoms with Crippen LogP contribution in [0.3, 0.4) is 0 Å². The van der Waals surface area contributed by atoms with Crippen LogP contribution in [0.1, 0.15) is 40.5 Å². The van der Waals surface area contributed by atoms with E-state index in [1.54, 1.807) is 11.8 Å². The SMILES string of the molecule is CCC1Nc2ccccc2N(C(C)C(=O)OCCC(C)C)C1=O. The Kier molecular flexibility index (Phi) is 5.64. The van der Waals surface area contributed by atoms with E-state index >= 15 is 0 Å². The first kappa shape index (κ1) is 17.3. The third kappa shape index (κ3) is 3.84. The Labute approximate surface area is 138 Å². The molecule has 0 aromatic heterocycles. The molecule has 0 fully saturated rings. The summed E-state index contributed by atoms with van der Waals surface area (Å²) in [6.07, 6.45) is 1.49. The maximum Gasteiger partial charge on any atom is 0.328 e. The number of benzene rings is 1. The van der Waals surface area contributed by atoms with Gasteiger partial charge in [0.2, 0.25) is 5.91 Å². The van der Waals surface area contributed by atoms with Gasteiger partial charge in [-0.2, -0.15) is 0 Å². The van der Waals surface area contributed by atoms with Crippen LogP contribution in [0.2, 0.25) is 0 Å². The highest BCUT2D eigenvalue weighted by Crippen LogP contribution is 2.33. The van der Waals surface area contributed by atoms with E-state index in [2.05, 4.69) is 19.2 Å². The first-order chi connectivity index (χ1) is 11.0. The molecule has 2 atom stereocenters. The molecule has 0 bridgehead atoms. The fourth-order valence-corrected chi connectivity index (χ4v) is 2.64. The predicted octanol–water partition coefficient (Wildman–Crippen LogP) is 3.20. The van der Waals surface area contributed by atoms with Crippen molar-refractivity contribution >= 4 is 23.3 Å². The standard InChI is InChI=1S/C18H26N2O3/c1-5-14-17(21)20(16-9-7-6-8-15(16)19-14)13(4)18(22)23-11-10-12(2)3/h6-9,12-14,19H,5,10-11H2,1-4H3. The highest BCUT2D eigenvalue weighted by Gasteiger charge is 2.37. The highest BCUT2D eigenvalue weighted by atomic mass is 16.5. The molecule has 126 valence electrons. The molecule has 5 heteroatoms. The predicted molar refractivity (Wildman–Crippen MR) is 91.5 cm³/mol. The van der Waals surface area contributed by atoms with E-state index in [1.807, 2.05) is 31.2 Å². The number of carbonyl (C=O) groups is 2. The normalized spacial score (nSPS) is 18.4. The summed E-state index contributed by atoms with van der Waals surface area (Å²) < 4.78 is 5.35. The maximum atomic E-state index is 12.7. The Morgan fingerprint density at radius 2 is 2.00 bits per heavy atom. The summed E-state index contributed by atoms with van der Waals surface area (Å²) in [5.41, 5.74) is 1.61. The summed E-state index contributed by atoms with van der Waals surface area (Å²) in [5, 5.41) is 3.23. The Hall–Kier alpha value is -2.04. The van der Waals surface area contributed by atoms with Crippen molar-refractivity contribution in [3.63, 3.8) is 0 Å². The highest BCUT2D eigenvalue weighted by molar-refractivity contribution is 6.08. The van der Waals surface area contributed by atoms with Crippen LogP contribution < -0.4 is 10.2 Å². The van der Waals surface area contributed by atoms with Crippen LogP contribution in [0.4, 0.5) is 11.4 Å². The van der Waals surface area contributed by atoms with Crippen molar-refractivity contribution in [2.45, 2.75) is 52.6 Å². The van der Waals surface area contributed by atoms with Gasteiger partial charge in [-0.15, -0.1) is 0 Å². The topological polar surface area (TPSA) is 58.6 Å². The van der Waals surface area contributed by atoms with E-state index in [0.29, 0.717) is 18.9 Å². The number of hydrogen-bond acceptors (Lipinski definition) is 4. The second-order valence-corrected chi connectivity index (χ2v) is 6.36. The molecule has 1 aliphatic rings. The molecule has 0 saturated heterocycles. The molecule has 0 radical (unpaired) electrons. The number of rotatable bonds is 6. The molecule has 1 aromatic rings. The van der Waals surface area contributed by atoms with E-state index in [1.165, 1.54) is 0 Å². The second kappa shape index (κ2) is 7.49. The Morgan fingerprint density at radius 3 is 2.65 bits per heavy atom. The molecular formula is C18H26N2O3. The molecule has 2 rings (SSSR count). The van der Waals surface area contributed by atoms with Gasteiger partial charge in [-0.25, -0.2) is 4.79 Å². The number of carbonyl (C=O) groups excluding carboxylic acids is 2. The van der Waals surface area contributed by atoms with Gasteiger partial charge in [-0.3, -0.25) is 9.69 Å². The van der Waals surface area contributed by atoms with E-state index in [-0.39, 0.29) is 17.9 Å². The van der Waals surface area contributed by atoms with Crippen molar-refractivity contribution in [1.29, 1.82) is 0 Å². The van der Waals surface area contributed by atoms with E-state index < -0.39 is 6.04 Å². The van der Waals surface area contributed by atoms with E-state index in [0.717, 1.165) is 17.8 Å². The van der Waals surface area contributed by atoms with Crippen molar-refractivity contribution in [2.24, 2.45) is 5.92 Å². The molecule has 1 N–H and O–H groups in total. The molecule has 0 aliphatic carbocycles. The van der Waals surface area contributed by atoms with Gasteiger partial charge in [0.1, 0.15) is 12.1 Å².